The highest BCUT2D eigenvalue weighted by Crippen LogP contribution is 2.46. The molecule has 0 aliphatic carbocycles. The molecule has 436 valence electrons. The summed E-state index contributed by atoms with van der Waals surface area (Å²) in [4.78, 5) is 39.4. The van der Waals surface area contributed by atoms with E-state index in [0.717, 1.165) is 16.8 Å². The van der Waals surface area contributed by atoms with E-state index in [2.05, 4.69) is 15.2 Å². The summed E-state index contributed by atoms with van der Waals surface area (Å²) in [6.45, 7) is 18.7. The number of alkyl carbamates (subject to hydrolysis) is 1. The first-order valence-electron chi connectivity index (χ1n) is 27.6. The standard InChI is InChI=1S/C62H82FN3O14/c1-44(2)56-54(58(67)65-48-21-15-10-16-22-48)53(46-19-13-9-14-20-46)57(66(56)27-25-49-42-52(80-62(6,7)79-49)55(59(68)69)61(3,4)5)50-24-23-47(63)41-51(50)77-40-39-76-38-37-75-36-35-74-34-33-73-32-31-72-30-29-71-28-26-64-60(70)78-43-45-17-11-8-12-18-45/h8-24,41,44,49,52,55H,25-40,42-43H2,1-7H3,(H,64,70)(H,65,67)(H,68,69)/t49-,52-,55?/m1/s1. The second kappa shape index (κ2) is 32.3. The zero-order chi connectivity index (χ0) is 57.3. The average molecular weight is 1110 g/mol. The fourth-order valence-electron chi connectivity index (χ4n) is 9.69. The van der Waals surface area contributed by atoms with Gasteiger partial charge in [-0.3, -0.25) is 9.59 Å². The van der Waals surface area contributed by atoms with Gasteiger partial charge in [-0.2, -0.15) is 0 Å². The number of carbonyl (C=O) groups excluding carboxylic acids is 2. The summed E-state index contributed by atoms with van der Waals surface area (Å²) in [7, 11) is 0. The molecule has 1 aromatic heterocycles. The number of aromatic nitrogens is 1. The smallest absolute Gasteiger partial charge is 0.407 e. The van der Waals surface area contributed by atoms with Crippen molar-refractivity contribution in [3.63, 3.8) is 0 Å². The minimum absolute atomic E-state index is 0.0936. The van der Waals surface area contributed by atoms with Gasteiger partial charge in [0, 0.05) is 48.1 Å². The second-order valence-corrected chi connectivity index (χ2v) is 21.1. The fourth-order valence-corrected chi connectivity index (χ4v) is 9.69. The zero-order valence-corrected chi connectivity index (χ0v) is 47.5. The molecule has 2 amide bonds. The quantitative estimate of drug-likeness (QED) is 0.0330. The highest BCUT2D eigenvalue weighted by molar-refractivity contribution is 6.12. The largest absolute Gasteiger partial charge is 0.490 e. The number of rotatable bonds is 34. The van der Waals surface area contributed by atoms with Crippen LogP contribution in [0.15, 0.2) is 109 Å². The molecule has 18 heteroatoms. The Morgan fingerprint density at radius 2 is 1.26 bits per heavy atom. The van der Waals surface area contributed by atoms with Gasteiger partial charge in [0.15, 0.2) is 5.79 Å². The first-order valence-corrected chi connectivity index (χ1v) is 27.6. The van der Waals surface area contributed by atoms with Crippen molar-refractivity contribution < 1.29 is 71.2 Å². The van der Waals surface area contributed by atoms with E-state index in [9.17, 15) is 19.5 Å². The number of hydrogen-bond acceptors (Lipinski definition) is 13. The lowest BCUT2D eigenvalue weighted by Gasteiger charge is -2.45. The van der Waals surface area contributed by atoms with Crippen LogP contribution < -0.4 is 15.4 Å². The third-order valence-electron chi connectivity index (χ3n) is 13.1. The van der Waals surface area contributed by atoms with E-state index in [1.807, 2.05) is 139 Å². The number of nitrogens with zero attached hydrogens (tertiary/aromatic N) is 1. The van der Waals surface area contributed by atoms with Crippen LogP contribution in [0.3, 0.4) is 0 Å². The van der Waals surface area contributed by atoms with Crippen LogP contribution in [0.5, 0.6) is 5.75 Å². The second-order valence-electron chi connectivity index (χ2n) is 21.1. The maximum atomic E-state index is 15.4. The van der Waals surface area contributed by atoms with Gasteiger partial charge in [0.1, 0.15) is 24.8 Å². The Hall–Kier alpha value is -6.22. The predicted octanol–water partition coefficient (Wildman–Crippen LogP) is 10.8. The lowest BCUT2D eigenvalue weighted by Crippen LogP contribution is -2.51. The molecule has 1 fully saturated rings. The summed E-state index contributed by atoms with van der Waals surface area (Å²) < 4.78 is 75.7. The Morgan fingerprint density at radius 3 is 1.81 bits per heavy atom. The molecule has 2 heterocycles. The van der Waals surface area contributed by atoms with E-state index in [4.69, 9.17) is 47.4 Å². The van der Waals surface area contributed by atoms with Gasteiger partial charge in [-0.05, 0) is 67.0 Å². The minimum Gasteiger partial charge on any atom is -0.490 e. The van der Waals surface area contributed by atoms with E-state index in [1.165, 1.54) is 12.1 Å². The molecule has 0 spiro atoms. The molecule has 0 saturated carbocycles. The van der Waals surface area contributed by atoms with E-state index >= 15 is 4.39 Å². The van der Waals surface area contributed by atoms with Crippen LogP contribution in [0.2, 0.25) is 0 Å². The Labute approximate surface area is 470 Å². The van der Waals surface area contributed by atoms with Gasteiger partial charge in [-0.25, -0.2) is 9.18 Å². The number of para-hydroxylation sites is 1. The summed E-state index contributed by atoms with van der Waals surface area (Å²) in [5, 5.41) is 16.2. The number of carboxylic acids is 1. The number of ether oxygens (including phenoxy) is 10. The summed E-state index contributed by atoms with van der Waals surface area (Å²) in [5.41, 5.74) is 4.84. The van der Waals surface area contributed by atoms with Gasteiger partial charge in [0.25, 0.3) is 5.91 Å². The number of carboxylic acid groups (broad SMARTS) is 1. The van der Waals surface area contributed by atoms with Crippen molar-refractivity contribution in [1.82, 2.24) is 9.88 Å². The molecule has 0 radical (unpaired) electrons. The number of anilines is 1. The number of carbonyl (C=O) groups is 3. The normalized spacial score (nSPS) is 15.6. The molecule has 3 atom stereocenters. The van der Waals surface area contributed by atoms with Gasteiger partial charge < -0.3 is 67.7 Å². The molecule has 1 aliphatic heterocycles. The number of amides is 2. The molecule has 4 aromatic carbocycles. The van der Waals surface area contributed by atoms with Crippen LogP contribution in [-0.4, -0.2) is 138 Å². The Kier molecular flexibility index (Phi) is 25.4. The van der Waals surface area contributed by atoms with Gasteiger partial charge in [0.2, 0.25) is 0 Å². The first-order chi connectivity index (χ1) is 38.5. The Morgan fingerprint density at radius 1 is 0.725 bits per heavy atom. The van der Waals surface area contributed by atoms with Gasteiger partial charge in [0.05, 0.1) is 109 Å². The fraction of sp³-hybridized carbons (Fsp3) is 0.500. The van der Waals surface area contributed by atoms with Gasteiger partial charge >= 0.3 is 12.1 Å². The summed E-state index contributed by atoms with van der Waals surface area (Å²) in [5.74, 6) is -3.51. The average Bonchev–Trinajstić information content (AvgIpc) is 3.76. The van der Waals surface area contributed by atoms with Crippen molar-refractivity contribution in [1.29, 1.82) is 0 Å². The van der Waals surface area contributed by atoms with Crippen LogP contribution in [0.25, 0.3) is 22.4 Å². The zero-order valence-electron chi connectivity index (χ0n) is 47.5. The third-order valence-corrected chi connectivity index (χ3v) is 13.1. The van der Waals surface area contributed by atoms with E-state index in [1.54, 1.807) is 6.07 Å². The van der Waals surface area contributed by atoms with E-state index < -0.39 is 47.2 Å². The van der Waals surface area contributed by atoms with Crippen LogP contribution in [0.4, 0.5) is 14.9 Å². The number of halogens is 1. The SMILES string of the molecule is CC(C)c1c(C(=O)Nc2ccccc2)c(-c2ccccc2)c(-c2ccc(F)cc2OCCOCCOCCOCCOCCOCCOCCNC(=O)OCc2ccccc2)n1CC[C@@H]1C[C@H](C(C(=O)O)C(C)(C)C)OC(C)(C)O1. The molecular formula is C62H82FN3O14. The van der Waals surface area contributed by atoms with Crippen LogP contribution in [0, 0.1) is 17.2 Å². The monoisotopic (exact) mass is 1110 g/mol. The number of hydrogen-bond donors (Lipinski definition) is 3. The maximum absolute atomic E-state index is 15.4. The molecule has 5 aromatic rings. The van der Waals surface area contributed by atoms with E-state index in [-0.39, 0.29) is 37.4 Å². The van der Waals surface area contributed by atoms with Crippen molar-refractivity contribution in [3.05, 3.63) is 132 Å². The molecule has 0 bridgehead atoms. The van der Waals surface area contributed by atoms with Gasteiger partial charge in [-0.15, -0.1) is 0 Å². The van der Waals surface area contributed by atoms with Crippen LogP contribution in [0.1, 0.15) is 88.8 Å². The number of nitrogens with one attached hydrogen (secondary N) is 2. The lowest BCUT2D eigenvalue weighted by molar-refractivity contribution is -0.312. The predicted molar refractivity (Wildman–Crippen MR) is 302 cm³/mol. The highest BCUT2D eigenvalue weighted by Gasteiger charge is 2.46. The third kappa shape index (κ3) is 20.1. The topological polar surface area (TPSA) is 193 Å². The summed E-state index contributed by atoms with van der Waals surface area (Å²) >= 11 is 0. The highest BCUT2D eigenvalue weighted by atomic mass is 19.1. The summed E-state index contributed by atoms with van der Waals surface area (Å²) in [6, 6.07) is 32.8. The van der Waals surface area contributed by atoms with Crippen molar-refractivity contribution in [2.45, 2.75) is 98.4 Å². The number of aliphatic carboxylic acids is 1. The van der Waals surface area contributed by atoms with E-state index in [0.29, 0.717) is 127 Å². The molecule has 80 heavy (non-hydrogen) atoms. The molecule has 6 rings (SSSR count). The molecule has 17 nitrogen and oxygen atoms in total. The molecule has 1 saturated heterocycles. The Bertz CT molecular complexity index is 2650. The van der Waals surface area contributed by atoms with Crippen molar-refractivity contribution >= 4 is 23.7 Å². The molecular weight excluding hydrogens is 1030 g/mol. The first kappa shape index (κ1) is 63.0. The molecule has 1 unspecified atom stereocenters. The van der Waals surface area contributed by atoms with Crippen LogP contribution >= 0.6 is 0 Å². The van der Waals surface area contributed by atoms with Crippen LogP contribution in [-0.2, 0) is 60.6 Å². The number of benzene rings is 4. The summed E-state index contributed by atoms with van der Waals surface area (Å²) in [6.07, 6.45) is -0.743. The molecule has 1 aliphatic rings. The van der Waals surface area contributed by atoms with Crippen molar-refractivity contribution in [3.8, 4) is 28.1 Å². The van der Waals surface area contributed by atoms with Gasteiger partial charge in [-0.1, -0.05) is 113 Å². The van der Waals surface area contributed by atoms with Crippen molar-refractivity contribution in [2.75, 3.05) is 97.8 Å². The Balaban J connectivity index is 1.00. The maximum Gasteiger partial charge on any atom is 0.407 e. The lowest BCUT2D eigenvalue weighted by atomic mass is 9.75. The molecule has 3 N–H and O–H groups in total. The minimum atomic E-state index is -1.07. The van der Waals surface area contributed by atoms with Crippen molar-refractivity contribution in [2.24, 2.45) is 11.3 Å².